The van der Waals surface area contributed by atoms with Gasteiger partial charge in [-0.3, -0.25) is 9.78 Å². The van der Waals surface area contributed by atoms with Crippen molar-refractivity contribution in [2.45, 2.75) is 18.9 Å². The van der Waals surface area contributed by atoms with Crippen molar-refractivity contribution in [2.75, 3.05) is 11.9 Å². The first-order valence-electron chi connectivity index (χ1n) is 7.49. The van der Waals surface area contributed by atoms with Gasteiger partial charge >= 0.3 is 0 Å². The molecule has 116 valence electrons. The second-order valence-electron chi connectivity index (χ2n) is 5.75. The van der Waals surface area contributed by atoms with Crippen LogP contribution in [-0.2, 0) is 6.42 Å². The number of Topliss-reactive ketones (excluding diaryl/α,β-unsaturated/α-hetero) is 1. The first-order chi connectivity index (χ1) is 11.1. The summed E-state index contributed by atoms with van der Waals surface area (Å²) in [7, 11) is 1.94. The maximum absolute atomic E-state index is 12.9. The van der Waals surface area contributed by atoms with E-state index < -0.39 is 0 Å². The average Bonchev–Trinajstić information content (AvgIpc) is 2.98. The van der Waals surface area contributed by atoms with Crippen molar-refractivity contribution in [1.29, 1.82) is 0 Å². The summed E-state index contributed by atoms with van der Waals surface area (Å²) in [5.41, 5.74) is 3.39. The summed E-state index contributed by atoms with van der Waals surface area (Å²) in [6.07, 6.45) is 5.04. The van der Waals surface area contributed by atoms with Crippen LogP contribution in [0.2, 0.25) is 5.02 Å². The molecule has 1 unspecified atom stereocenters. The Labute approximate surface area is 138 Å². The highest BCUT2D eigenvalue weighted by atomic mass is 35.5. The maximum atomic E-state index is 12.9. The van der Waals surface area contributed by atoms with Gasteiger partial charge in [0.2, 0.25) is 5.78 Å². The lowest BCUT2D eigenvalue weighted by molar-refractivity contribution is 0.0947. The fraction of sp³-hybridized carbons (Fsp3) is 0.235. The quantitative estimate of drug-likeness (QED) is 0.679. The number of pyridine rings is 2. The van der Waals surface area contributed by atoms with E-state index in [0.717, 1.165) is 29.7 Å². The number of hydrogen-bond donors (Lipinski definition) is 0. The van der Waals surface area contributed by atoms with E-state index in [4.69, 9.17) is 11.6 Å². The van der Waals surface area contributed by atoms with Gasteiger partial charge in [0.1, 0.15) is 5.69 Å². The van der Waals surface area contributed by atoms with Crippen LogP contribution in [0.1, 0.15) is 22.6 Å². The number of aromatic nitrogens is 3. The minimum atomic E-state index is -0.216. The Hall–Kier alpha value is -2.40. The molecular formula is C17H15ClN4O. The predicted molar refractivity (Wildman–Crippen MR) is 89.3 cm³/mol. The summed E-state index contributed by atoms with van der Waals surface area (Å²) in [4.78, 5) is 19.3. The zero-order chi connectivity index (χ0) is 16.0. The number of hydrogen-bond acceptors (Lipinski definition) is 4. The first kappa shape index (κ1) is 14.2. The second kappa shape index (κ2) is 5.35. The molecular weight excluding hydrogens is 312 g/mol. The van der Waals surface area contributed by atoms with Gasteiger partial charge in [-0.2, -0.15) is 5.10 Å². The van der Waals surface area contributed by atoms with Gasteiger partial charge in [-0.25, -0.2) is 4.52 Å². The highest BCUT2D eigenvalue weighted by Crippen LogP contribution is 2.29. The van der Waals surface area contributed by atoms with Crippen molar-refractivity contribution in [3.63, 3.8) is 0 Å². The Bertz CT molecular complexity index is 904. The number of likely N-dealkylation sites (N-methyl/N-ethyl adjacent to an activating group) is 1. The van der Waals surface area contributed by atoms with Crippen LogP contribution in [0.15, 0.2) is 42.7 Å². The van der Waals surface area contributed by atoms with E-state index in [2.05, 4.69) is 10.1 Å². The SMILES string of the molecule is CN1c2cccnc2CCC1C(=O)c1cc2ccc(Cl)cn2n1. The Morgan fingerprint density at radius 3 is 3.09 bits per heavy atom. The molecule has 6 heteroatoms. The van der Waals surface area contributed by atoms with Crippen molar-refractivity contribution in [3.05, 3.63) is 59.1 Å². The third-order valence-corrected chi connectivity index (χ3v) is 4.57. The lowest BCUT2D eigenvalue weighted by Gasteiger charge is -2.33. The molecule has 0 saturated carbocycles. The van der Waals surface area contributed by atoms with Gasteiger partial charge in [-0.05, 0) is 43.2 Å². The number of rotatable bonds is 2. The second-order valence-corrected chi connectivity index (χ2v) is 6.18. The van der Waals surface area contributed by atoms with Crippen LogP contribution in [0, 0.1) is 0 Å². The van der Waals surface area contributed by atoms with E-state index in [1.54, 1.807) is 23.0 Å². The van der Waals surface area contributed by atoms with Crippen LogP contribution in [0.5, 0.6) is 0 Å². The highest BCUT2D eigenvalue weighted by Gasteiger charge is 2.31. The molecule has 0 aliphatic carbocycles. The van der Waals surface area contributed by atoms with Crippen molar-refractivity contribution in [3.8, 4) is 0 Å². The molecule has 0 spiro atoms. The number of aryl methyl sites for hydroxylation is 1. The number of carbonyl (C=O) groups is 1. The third kappa shape index (κ3) is 2.37. The number of carbonyl (C=O) groups excluding carboxylic acids is 1. The zero-order valence-electron chi connectivity index (χ0n) is 12.6. The van der Waals surface area contributed by atoms with Crippen LogP contribution in [-0.4, -0.2) is 33.5 Å². The topological polar surface area (TPSA) is 50.5 Å². The third-order valence-electron chi connectivity index (χ3n) is 4.35. The molecule has 1 atom stereocenters. The summed E-state index contributed by atoms with van der Waals surface area (Å²) in [6.45, 7) is 0. The van der Waals surface area contributed by atoms with E-state index in [-0.39, 0.29) is 11.8 Å². The molecule has 5 nitrogen and oxygen atoms in total. The van der Waals surface area contributed by atoms with Gasteiger partial charge in [0.15, 0.2) is 0 Å². The summed E-state index contributed by atoms with van der Waals surface area (Å²) >= 11 is 5.97. The minimum Gasteiger partial charge on any atom is -0.363 e. The lowest BCUT2D eigenvalue weighted by Crippen LogP contribution is -2.42. The normalized spacial score (nSPS) is 17.3. The van der Waals surface area contributed by atoms with E-state index in [1.165, 1.54) is 0 Å². The van der Waals surface area contributed by atoms with Crippen molar-refractivity contribution in [2.24, 2.45) is 0 Å². The molecule has 4 heterocycles. The van der Waals surface area contributed by atoms with E-state index in [0.29, 0.717) is 10.7 Å². The fourth-order valence-corrected chi connectivity index (χ4v) is 3.29. The average molecular weight is 327 g/mol. The van der Waals surface area contributed by atoms with E-state index in [1.807, 2.05) is 36.2 Å². The summed E-state index contributed by atoms with van der Waals surface area (Å²) in [5, 5.41) is 4.97. The Morgan fingerprint density at radius 1 is 1.35 bits per heavy atom. The zero-order valence-corrected chi connectivity index (χ0v) is 13.4. The minimum absolute atomic E-state index is 0.0295. The van der Waals surface area contributed by atoms with Gasteiger partial charge in [-0.15, -0.1) is 0 Å². The molecule has 1 aliphatic heterocycles. The van der Waals surface area contributed by atoms with Gasteiger partial charge in [0.25, 0.3) is 0 Å². The maximum Gasteiger partial charge on any atom is 0.205 e. The Morgan fingerprint density at radius 2 is 2.22 bits per heavy atom. The van der Waals surface area contributed by atoms with Crippen LogP contribution >= 0.6 is 11.6 Å². The highest BCUT2D eigenvalue weighted by molar-refractivity contribution is 6.30. The summed E-state index contributed by atoms with van der Waals surface area (Å²) < 4.78 is 1.65. The van der Waals surface area contributed by atoms with E-state index in [9.17, 15) is 4.79 Å². The molecule has 0 bridgehead atoms. The molecule has 3 aromatic rings. The number of nitrogens with zero attached hydrogens (tertiary/aromatic N) is 4. The van der Waals surface area contributed by atoms with Crippen LogP contribution in [0.4, 0.5) is 5.69 Å². The molecule has 0 radical (unpaired) electrons. The molecule has 1 aliphatic rings. The van der Waals surface area contributed by atoms with Gasteiger partial charge in [0.05, 0.1) is 28.0 Å². The van der Waals surface area contributed by atoms with Crippen LogP contribution in [0.25, 0.3) is 5.52 Å². The monoisotopic (exact) mass is 326 g/mol. The molecule has 0 amide bonds. The smallest absolute Gasteiger partial charge is 0.205 e. The molecule has 23 heavy (non-hydrogen) atoms. The van der Waals surface area contributed by atoms with Crippen molar-refractivity contribution < 1.29 is 4.79 Å². The van der Waals surface area contributed by atoms with Crippen LogP contribution in [0.3, 0.4) is 0 Å². The van der Waals surface area contributed by atoms with E-state index >= 15 is 0 Å². The Balaban J connectivity index is 1.68. The van der Waals surface area contributed by atoms with Gasteiger partial charge in [0, 0.05) is 19.4 Å². The van der Waals surface area contributed by atoms with Gasteiger partial charge < -0.3 is 4.90 Å². The predicted octanol–water partition coefficient (Wildman–Crippen LogP) is 3.02. The fourth-order valence-electron chi connectivity index (χ4n) is 3.14. The molecule has 0 N–H and O–H groups in total. The summed E-state index contributed by atoms with van der Waals surface area (Å²) in [6, 6.07) is 9.15. The summed E-state index contributed by atoms with van der Waals surface area (Å²) in [5.74, 6) is 0.0295. The number of anilines is 1. The lowest BCUT2D eigenvalue weighted by atomic mass is 9.96. The van der Waals surface area contributed by atoms with Crippen molar-refractivity contribution >= 4 is 28.6 Å². The molecule has 0 saturated heterocycles. The first-order valence-corrected chi connectivity index (χ1v) is 7.87. The molecule has 0 fully saturated rings. The molecule has 4 rings (SSSR count). The van der Waals surface area contributed by atoms with Crippen molar-refractivity contribution in [1.82, 2.24) is 14.6 Å². The number of ketones is 1. The number of halogens is 1. The van der Waals surface area contributed by atoms with Gasteiger partial charge in [-0.1, -0.05) is 11.6 Å². The Kier molecular flexibility index (Phi) is 3.31. The molecule has 3 aromatic heterocycles. The molecule has 0 aromatic carbocycles. The van der Waals surface area contributed by atoms with Crippen LogP contribution < -0.4 is 4.90 Å². The standard InChI is InChI=1S/C17H15ClN4O/c1-21-15-3-2-8-19-13(15)6-7-16(21)17(23)14-9-12-5-4-11(18)10-22(12)20-14/h2-5,8-10,16H,6-7H2,1H3. The largest absolute Gasteiger partial charge is 0.363 e. The number of fused-ring (bicyclic) bond motifs is 2.